The van der Waals surface area contributed by atoms with Gasteiger partial charge in [0.25, 0.3) is 0 Å². The summed E-state index contributed by atoms with van der Waals surface area (Å²) in [7, 11) is 0. The zero-order valence-electron chi connectivity index (χ0n) is 10.4. The van der Waals surface area contributed by atoms with Gasteiger partial charge in [-0.05, 0) is 60.3 Å². The highest BCUT2D eigenvalue weighted by atomic mass is 14.9. The molecule has 0 unspecified atom stereocenters. The van der Waals surface area contributed by atoms with E-state index in [1.807, 2.05) is 0 Å². The Labute approximate surface area is 98.3 Å². The number of fused-ring (bicyclic) bond motifs is 2. The lowest BCUT2D eigenvalue weighted by Gasteiger charge is -2.34. The van der Waals surface area contributed by atoms with Gasteiger partial charge in [0.2, 0.25) is 0 Å². The predicted molar refractivity (Wildman–Crippen MR) is 69.2 cm³/mol. The first kappa shape index (κ1) is 10.2. The molecule has 0 radical (unpaired) electrons. The van der Waals surface area contributed by atoms with Crippen LogP contribution in [0.5, 0.6) is 0 Å². The van der Waals surface area contributed by atoms with E-state index in [2.05, 4.69) is 31.3 Å². The van der Waals surface area contributed by atoms with Crippen LogP contribution in [0.3, 0.4) is 0 Å². The summed E-state index contributed by atoms with van der Waals surface area (Å²) in [5.41, 5.74) is 6.52. The van der Waals surface area contributed by atoms with E-state index in [1.165, 1.54) is 37.8 Å². The SMILES string of the molecule is CC1(C)CCCc2cc3c(cc21)NCCC3. The number of rotatable bonds is 0. The number of anilines is 1. The first-order chi connectivity index (χ1) is 7.67. The van der Waals surface area contributed by atoms with Gasteiger partial charge in [0, 0.05) is 12.2 Å². The first-order valence-corrected chi connectivity index (χ1v) is 6.57. The van der Waals surface area contributed by atoms with E-state index >= 15 is 0 Å². The first-order valence-electron chi connectivity index (χ1n) is 6.57. The maximum Gasteiger partial charge on any atom is 0.0375 e. The third kappa shape index (κ3) is 1.53. The summed E-state index contributed by atoms with van der Waals surface area (Å²) in [4.78, 5) is 0. The number of hydrogen-bond donors (Lipinski definition) is 1. The monoisotopic (exact) mass is 215 g/mol. The van der Waals surface area contributed by atoms with Crippen LogP contribution >= 0.6 is 0 Å². The Bertz CT molecular complexity index is 418. The second-order valence-corrected chi connectivity index (χ2v) is 5.93. The summed E-state index contributed by atoms with van der Waals surface area (Å²) in [6.45, 7) is 5.92. The van der Waals surface area contributed by atoms with E-state index in [0.29, 0.717) is 5.41 Å². The van der Waals surface area contributed by atoms with Gasteiger partial charge in [-0.15, -0.1) is 0 Å². The molecule has 1 heteroatoms. The second-order valence-electron chi connectivity index (χ2n) is 5.93. The fourth-order valence-electron chi connectivity index (χ4n) is 3.26. The van der Waals surface area contributed by atoms with Gasteiger partial charge in [0.05, 0.1) is 0 Å². The zero-order chi connectivity index (χ0) is 11.2. The van der Waals surface area contributed by atoms with Gasteiger partial charge in [-0.2, -0.15) is 0 Å². The van der Waals surface area contributed by atoms with Crippen molar-refractivity contribution in [2.45, 2.75) is 51.4 Å². The third-order valence-electron chi connectivity index (χ3n) is 4.24. The van der Waals surface area contributed by atoms with E-state index in [9.17, 15) is 0 Å². The molecule has 2 aliphatic rings. The molecule has 0 spiro atoms. The summed E-state index contributed by atoms with van der Waals surface area (Å²) in [6.07, 6.45) is 6.52. The molecule has 0 saturated carbocycles. The van der Waals surface area contributed by atoms with Crippen molar-refractivity contribution >= 4 is 5.69 Å². The Balaban J connectivity index is 2.12. The molecule has 0 atom stereocenters. The van der Waals surface area contributed by atoms with Crippen LogP contribution in [0.1, 0.15) is 49.8 Å². The van der Waals surface area contributed by atoms with Crippen molar-refractivity contribution in [2.75, 3.05) is 11.9 Å². The molecular formula is C15H21N. The quantitative estimate of drug-likeness (QED) is 0.696. The molecule has 0 amide bonds. The average Bonchev–Trinajstić information content (AvgIpc) is 2.27. The van der Waals surface area contributed by atoms with Crippen LogP contribution in [-0.4, -0.2) is 6.54 Å². The Hall–Kier alpha value is -0.980. The Morgan fingerprint density at radius 3 is 2.75 bits per heavy atom. The van der Waals surface area contributed by atoms with Crippen molar-refractivity contribution in [1.29, 1.82) is 0 Å². The maximum atomic E-state index is 3.55. The summed E-state index contributed by atoms with van der Waals surface area (Å²) < 4.78 is 0. The smallest absolute Gasteiger partial charge is 0.0375 e. The molecule has 0 fully saturated rings. The van der Waals surface area contributed by atoms with Crippen molar-refractivity contribution in [1.82, 2.24) is 0 Å². The van der Waals surface area contributed by atoms with E-state index in [0.717, 1.165) is 6.54 Å². The predicted octanol–water partition coefficient (Wildman–Crippen LogP) is 3.66. The molecule has 1 aromatic carbocycles. The fraction of sp³-hybridized carbons (Fsp3) is 0.600. The summed E-state index contributed by atoms with van der Waals surface area (Å²) >= 11 is 0. The highest BCUT2D eigenvalue weighted by Gasteiger charge is 2.28. The highest BCUT2D eigenvalue weighted by Crippen LogP contribution is 2.40. The molecule has 0 bridgehead atoms. The number of aryl methyl sites for hydroxylation is 2. The molecule has 16 heavy (non-hydrogen) atoms. The molecule has 0 aromatic heterocycles. The molecule has 0 saturated heterocycles. The summed E-state index contributed by atoms with van der Waals surface area (Å²) in [5, 5.41) is 3.55. The van der Waals surface area contributed by atoms with E-state index in [1.54, 1.807) is 16.7 Å². The summed E-state index contributed by atoms with van der Waals surface area (Å²) in [6, 6.07) is 4.90. The van der Waals surface area contributed by atoms with Gasteiger partial charge in [0.15, 0.2) is 0 Å². The minimum Gasteiger partial charge on any atom is -0.385 e. The van der Waals surface area contributed by atoms with Crippen molar-refractivity contribution in [3.8, 4) is 0 Å². The van der Waals surface area contributed by atoms with E-state index in [4.69, 9.17) is 0 Å². The van der Waals surface area contributed by atoms with Crippen LogP contribution in [-0.2, 0) is 18.3 Å². The van der Waals surface area contributed by atoms with E-state index in [-0.39, 0.29) is 0 Å². The normalized spacial score (nSPS) is 21.9. The molecule has 1 N–H and O–H groups in total. The van der Waals surface area contributed by atoms with Gasteiger partial charge in [-0.1, -0.05) is 19.9 Å². The topological polar surface area (TPSA) is 12.0 Å². The lowest BCUT2D eigenvalue weighted by Crippen LogP contribution is -2.25. The molecule has 1 nitrogen and oxygen atoms in total. The molecule has 1 aliphatic carbocycles. The Morgan fingerprint density at radius 1 is 1.06 bits per heavy atom. The summed E-state index contributed by atoms with van der Waals surface area (Å²) in [5.74, 6) is 0. The minimum atomic E-state index is 0.377. The molecule has 1 heterocycles. The van der Waals surface area contributed by atoms with Crippen molar-refractivity contribution < 1.29 is 0 Å². The van der Waals surface area contributed by atoms with Crippen molar-refractivity contribution in [3.63, 3.8) is 0 Å². The van der Waals surface area contributed by atoms with Crippen LogP contribution in [0, 0.1) is 0 Å². The zero-order valence-corrected chi connectivity index (χ0v) is 10.4. The van der Waals surface area contributed by atoms with Gasteiger partial charge >= 0.3 is 0 Å². The van der Waals surface area contributed by atoms with Crippen LogP contribution in [0.2, 0.25) is 0 Å². The van der Waals surface area contributed by atoms with Crippen LogP contribution in [0.15, 0.2) is 12.1 Å². The van der Waals surface area contributed by atoms with Gasteiger partial charge in [-0.25, -0.2) is 0 Å². The van der Waals surface area contributed by atoms with Crippen molar-refractivity contribution in [3.05, 3.63) is 28.8 Å². The largest absolute Gasteiger partial charge is 0.385 e. The molecule has 1 aromatic rings. The number of nitrogens with one attached hydrogen (secondary N) is 1. The van der Waals surface area contributed by atoms with Gasteiger partial charge in [0.1, 0.15) is 0 Å². The van der Waals surface area contributed by atoms with Gasteiger partial charge in [-0.3, -0.25) is 0 Å². The van der Waals surface area contributed by atoms with Gasteiger partial charge < -0.3 is 5.32 Å². The van der Waals surface area contributed by atoms with Crippen LogP contribution < -0.4 is 5.32 Å². The standard InChI is InChI=1S/C15H21N/c1-15(2)7-3-5-11-9-12-6-4-8-16-14(12)10-13(11)15/h9-10,16H,3-8H2,1-2H3. The second kappa shape index (κ2) is 3.51. The highest BCUT2D eigenvalue weighted by molar-refractivity contribution is 5.59. The Kier molecular flexibility index (Phi) is 2.24. The van der Waals surface area contributed by atoms with E-state index < -0.39 is 0 Å². The minimum absolute atomic E-state index is 0.377. The van der Waals surface area contributed by atoms with Crippen LogP contribution in [0.4, 0.5) is 5.69 Å². The number of benzene rings is 1. The molecule has 86 valence electrons. The number of hydrogen-bond acceptors (Lipinski definition) is 1. The molecular weight excluding hydrogens is 194 g/mol. The molecule has 3 rings (SSSR count). The third-order valence-corrected chi connectivity index (χ3v) is 4.24. The van der Waals surface area contributed by atoms with Crippen LogP contribution in [0.25, 0.3) is 0 Å². The lowest BCUT2D eigenvalue weighted by molar-refractivity contribution is 0.431. The fourth-order valence-corrected chi connectivity index (χ4v) is 3.26. The van der Waals surface area contributed by atoms with Crippen molar-refractivity contribution in [2.24, 2.45) is 0 Å². The average molecular weight is 215 g/mol. The maximum absolute atomic E-state index is 3.55. The Morgan fingerprint density at radius 2 is 1.88 bits per heavy atom. The lowest BCUT2D eigenvalue weighted by atomic mass is 9.72. The molecule has 1 aliphatic heterocycles.